The van der Waals surface area contributed by atoms with Gasteiger partial charge in [0.15, 0.2) is 0 Å². The molecular formula is C30H30ClN3O4. The lowest BCUT2D eigenvalue weighted by Gasteiger charge is -2.30. The van der Waals surface area contributed by atoms with Gasteiger partial charge >= 0.3 is 5.97 Å². The second kappa shape index (κ2) is 11.5. The molecule has 1 heterocycles. The number of benzene rings is 3. The van der Waals surface area contributed by atoms with Crippen molar-refractivity contribution >= 4 is 35.4 Å². The number of hydrazone groups is 1. The smallest absolute Gasteiger partial charge is 0.337 e. The largest absolute Gasteiger partial charge is 0.497 e. The number of ether oxygens (including phenoxy) is 2. The number of fused-ring (bicyclic) bond motifs is 1. The molecule has 8 heteroatoms. The number of halogens is 1. The fraction of sp³-hybridized carbons (Fsp3) is 0.233. The van der Waals surface area contributed by atoms with Gasteiger partial charge in [0.1, 0.15) is 5.75 Å². The number of methoxy groups -OCH3 is 2. The summed E-state index contributed by atoms with van der Waals surface area (Å²) in [6, 6.07) is 20.1. The van der Waals surface area contributed by atoms with Gasteiger partial charge in [-0.15, -0.1) is 0 Å². The topological polar surface area (TPSA) is 80.2 Å². The van der Waals surface area contributed by atoms with E-state index in [1.54, 1.807) is 25.5 Å². The maximum Gasteiger partial charge on any atom is 0.337 e. The van der Waals surface area contributed by atoms with E-state index in [0.29, 0.717) is 22.6 Å². The molecule has 1 aliphatic rings. The molecular weight excluding hydrogens is 502 g/mol. The summed E-state index contributed by atoms with van der Waals surface area (Å²) < 4.78 is 10.2. The van der Waals surface area contributed by atoms with Crippen molar-refractivity contribution in [3.8, 4) is 5.75 Å². The Morgan fingerprint density at radius 2 is 1.76 bits per heavy atom. The number of amides is 1. The summed E-state index contributed by atoms with van der Waals surface area (Å²) in [5.41, 5.74) is 7.17. The summed E-state index contributed by atoms with van der Waals surface area (Å²) in [5, 5.41) is 4.88. The van der Waals surface area contributed by atoms with Crippen molar-refractivity contribution in [3.05, 3.63) is 106 Å². The standard InChI is InChI=1S/C30H30ClN3O4/c1-5-34-26-15-14-23(37-3)18-24(26)30(2,19-22-8-6-7-9-25(22)31)27(34)16-17-32-33-28(35)20-10-12-21(13-11-20)29(36)38-4/h6-18H,5,19H2,1-4H3,(H,33,35). The highest BCUT2D eigenvalue weighted by atomic mass is 35.5. The first kappa shape index (κ1) is 26.9. The highest BCUT2D eigenvalue weighted by molar-refractivity contribution is 6.31. The number of nitrogens with one attached hydrogen (secondary N) is 1. The molecule has 1 atom stereocenters. The Balaban J connectivity index is 1.63. The van der Waals surface area contributed by atoms with Crippen LogP contribution in [0.15, 0.2) is 83.6 Å². The number of carbonyl (C=O) groups is 2. The van der Waals surface area contributed by atoms with Crippen molar-refractivity contribution < 1.29 is 19.1 Å². The number of rotatable bonds is 8. The van der Waals surface area contributed by atoms with Gasteiger partial charge in [-0.3, -0.25) is 4.79 Å². The molecule has 1 unspecified atom stereocenters. The fourth-order valence-corrected chi connectivity index (χ4v) is 5.05. The molecule has 1 aliphatic heterocycles. The number of anilines is 1. The second-order valence-corrected chi connectivity index (χ2v) is 9.47. The number of hydrogen-bond donors (Lipinski definition) is 1. The summed E-state index contributed by atoms with van der Waals surface area (Å²) in [6.45, 7) is 5.03. The molecule has 4 rings (SSSR count). The van der Waals surface area contributed by atoms with Crippen molar-refractivity contribution in [1.29, 1.82) is 0 Å². The molecule has 3 aromatic rings. The summed E-state index contributed by atoms with van der Waals surface area (Å²) in [4.78, 5) is 26.4. The quantitative estimate of drug-likeness (QED) is 0.226. The number of allylic oxidation sites excluding steroid dienone is 2. The average molecular weight is 532 g/mol. The van der Waals surface area contributed by atoms with E-state index < -0.39 is 11.4 Å². The fourth-order valence-electron chi connectivity index (χ4n) is 4.85. The minimum Gasteiger partial charge on any atom is -0.497 e. The van der Waals surface area contributed by atoms with Crippen molar-refractivity contribution in [2.75, 3.05) is 25.7 Å². The normalized spacial score (nSPS) is 17.5. The Bertz CT molecular complexity index is 1400. The van der Waals surface area contributed by atoms with Gasteiger partial charge < -0.3 is 14.4 Å². The monoisotopic (exact) mass is 531 g/mol. The van der Waals surface area contributed by atoms with Gasteiger partial charge in [-0.25, -0.2) is 10.2 Å². The number of likely N-dealkylation sites (N-methyl/N-ethyl adjacent to an activating group) is 1. The van der Waals surface area contributed by atoms with Crippen LogP contribution in [0, 0.1) is 0 Å². The Labute approximate surface area is 227 Å². The molecule has 0 aliphatic carbocycles. The predicted molar refractivity (Wildman–Crippen MR) is 150 cm³/mol. The average Bonchev–Trinajstić information content (AvgIpc) is 3.18. The molecule has 196 valence electrons. The number of nitrogens with zero attached hydrogens (tertiary/aromatic N) is 2. The zero-order chi connectivity index (χ0) is 27.3. The van der Waals surface area contributed by atoms with Crippen LogP contribution in [0.1, 0.15) is 45.7 Å². The minimum atomic E-state index is -0.461. The molecule has 38 heavy (non-hydrogen) atoms. The Morgan fingerprint density at radius 1 is 1.05 bits per heavy atom. The molecule has 0 radical (unpaired) electrons. The summed E-state index contributed by atoms with van der Waals surface area (Å²) >= 11 is 6.57. The third-order valence-corrected chi connectivity index (χ3v) is 7.17. The van der Waals surface area contributed by atoms with Gasteiger partial charge in [-0.1, -0.05) is 29.8 Å². The third-order valence-electron chi connectivity index (χ3n) is 6.80. The lowest BCUT2D eigenvalue weighted by atomic mass is 9.76. The van der Waals surface area contributed by atoms with Crippen LogP contribution in [0.2, 0.25) is 5.02 Å². The summed E-state index contributed by atoms with van der Waals surface area (Å²) in [5.74, 6) is -0.0654. The Hall–Kier alpha value is -4.10. The SMILES string of the molecule is CCN1C(=CC=NNC(=O)c2ccc(C(=O)OC)cc2)C(C)(Cc2ccccc2Cl)c2cc(OC)ccc21. The van der Waals surface area contributed by atoms with Gasteiger partial charge in [-0.05, 0) is 86.0 Å². The van der Waals surface area contributed by atoms with E-state index in [4.69, 9.17) is 21.1 Å². The zero-order valence-electron chi connectivity index (χ0n) is 21.8. The van der Waals surface area contributed by atoms with E-state index in [1.165, 1.54) is 19.2 Å². The molecule has 1 N–H and O–H groups in total. The molecule has 0 saturated carbocycles. The van der Waals surface area contributed by atoms with Gasteiger partial charge in [0.25, 0.3) is 5.91 Å². The van der Waals surface area contributed by atoms with Crippen LogP contribution >= 0.6 is 11.6 Å². The molecule has 1 amide bonds. The van der Waals surface area contributed by atoms with E-state index >= 15 is 0 Å². The molecule has 0 bridgehead atoms. The van der Waals surface area contributed by atoms with Gasteiger partial charge in [0, 0.05) is 40.1 Å². The maximum absolute atomic E-state index is 12.6. The highest BCUT2D eigenvalue weighted by Gasteiger charge is 2.43. The first-order valence-electron chi connectivity index (χ1n) is 12.2. The molecule has 7 nitrogen and oxygen atoms in total. The van der Waals surface area contributed by atoms with Crippen molar-refractivity contribution in [2.24, 2.45) is 5.10 Å². The van der Waals surface area contributed by atoms with Crippen LogP contribution in [-0.2, 0) is 16.6 Å². The van der Waals surface area contributed by atoms with Crippen molar-refractivity contribution in [3.63, 3.8) is 0 Å². The van der Waals surface area contributed by atoms with E-state index in [1.807, 2.05) is 36.4 Å². The Morgan fingerprint density at radius 3 is 2.42 bits per heavy atom. The molecule has 3 aromatic carbocycles. The van der Waals surface area contributed by atoms with Gasteiger partial charge in [0.05, 0.1) is 19.8 Å². The number of hydrogen-bond acceptors (Lipinski definition) is 6. The summed E-state index contributed by atoms with van der Waals surface area (Å²) in [6.07, 6.45) is 4.18. The zero-order valence-corrected chi connectivity index (χ0v) is 22.6. The lowest BCUT2D eigenvalue weighted by molar-refractivity contribution is 0.0600. The van der Waals surface area contributed by atoms with Gasteiger partial charge in [0.2, 0.25) is 0 Å². The molecule has 0 aromatic heterocycles. The van der Waals surface area contributed by atoms with Crippen molar-refractivity contribution in [1.82, 2.24) is 5.43 Å². The predicted octanol–water partition coefficient (Wildman–Crippen LogP) is 5.78. The lowest BCUT2D eigenvalue weighted by Crippen LogP contribution is -2.31. The first-order chi connectivity index (χ1) is 18.3. The minimum absolute atomic E-state index is 0.368. The first-order valence-corrected chi connectivity index (χ1v) is 12.6. The Kier molecular flexibility index (Phi) is 8.17. The van der Waals surface area contributed by atoms with Crippen LogP contribution in [0.5, 0.6) is 5.75 Å². The van der Waals surface area contributed by atoms with E-state index in [2.05, 4.69) is 41.4 Å². The van der Waals surface area contributed by atoms with Crippen LogP contribution in [0.4, 0.5) is 5.69 Å². The van der Waals surface area contributed by atoms with Crippen LogP contribution < -0.4 is 15.1 Å². The molecule has 0 spiro atoms. The number of carbonyl (C=O) groups excluding carboxylic acids is 2. The van der Waals surface area contributed by atoms with Crippen LogP contribution in [0.25, 0.3) is 0 Å². The van der Waals surface area contributed by atoms with Crippen molar-refractivity contribution in [2.45, 2.75) is 25.7 Å². The van der Waals surface area contributed by atoms with E-state index in [9.17, 15) is 9.59 Å². The van der Waals surface area contributed by atoms with Crippen LogP contribution in [0.3, 0.4) is 0 Å². The van der Waals surface area contributed by atoms with Crippen LogP contribution in [-0.4, -0.2) is 38.9 Å². The van der Waals surface area contributed by atoms with E-state index in [-0.39, 0.29) is 5.91 Å². The highest BCUT2D eigenvalue weighted by Crippen LogP contribution is 2.51. The molecule has 0 saturated heterocycles. The van der Waals surface area contributed by atoms with Gasteiger partial charge in [-0.2, -0.15) is 5.10 Å². The van der Waals surface area contributed by atoms with E-state index in [0.717, 1.165) is 34.8 Å². The third kappa shape index (κ3) is 5.29. The summed E-state index contributed by atoms with van der Waals surface area (Å²) in [7, 11) is 2.97. The maximum atomic E-state index is 12.6. The molecule has 0 fully saturated rings. The number of esters is 1. The second-order valence-electron chi connectivity index (χ2n) is 9.07.